The molecule has 0 amide bonds. The van der Waals surface area contributed by atoms with Crippen LogP contribution in [-0.4, -0.2) is 171 Å². The Hall–Kier alpha value is -7.45. The second-order valence-corrected chi connectivity index (χ2v) is 17.1. The molecule has 2 saturated heterocycles. The topological polar surface area (TPSA) is 188 Å². The fraction of sp³-hybridized carbons (Fsp3) is 0.346. The Morgan fingerprint density at radius 3 is 1.68 bits per heavy atom. The van der Waals surface area contributed by atoms with Gasteiger partial charge in [-0.1, -0.05) is 23.4 Å². The summed E-state index contributed by atoms with van der Waals surface area (Å²) >= 11 is 6.11. The number of pyridine rings is 2. The average molecular weight is 982 g/mol. The second-order valence-electron chi connectivity index (χ2n) is 16.7. The van der Waals surface area contributed by atoms with E-state index in [4.69, 9.17) is 53.2 Å². The van der Waals surface area contributed by atoms with Gasteiger partial charge in [0.2, 0.25) is 5.88 Å². The lowest BCUT2D eigenvalue weighted by atomic mass is 10.2. The minimum Gasteiger partial charge on any atom is -0.506 e. The minimum atomic E-state index is 0.201. The molecule has 368 valence electrons. The van der Waals surface area contributed by atoms with Gasteiger partial charge >= 0.3 is 0 Å². The standard InChI is InChI=1S/C26H28N6O3.C19H23ClN4O2.C7H6N2O/c1-3-7-31-9-11-32(12-10-31)8-4-13-34-24-16-22-21(15-23(24)33-2)26(30-18-29-22)35-20-14-19-5-6-27-25(19)28-17-20;1-3-5-23-7-9-24(10-8-23)6-4-11-26-18-13-16-15(12-17(18)25-2)19(20)22-14-21-16;10-6-3-5-1-2-8-7(5)9-4-6/h1,5-6,14-18H,4,7-13H2,2H3,(H,27,28);1,12-14H,4-11H2,2H3;1-4,10H,(H,8,9). The summed E-state index contributed by atoms with van der Waals surface area (Å²) in [6, 6.07) is 14.8. The molecule has 0 atom stereocenters. The highest BCUT2D eigenvalue weighted by atomic mass is 35.5. The fourth-order valence-electron chi connectivity index (χ4n) is 8.25. The molecule has 0 spiro atoms. The van der Waals surface area contributed by atoms with E-state index < -0.39 is 0 Å². The van der Waals surface area contributed by atoms with Gasteiger partial charge < -0.3 is 48.6 Å². The summed E-state index contributed by atoms with van der Waals surface area (Å²) in [7, 11) is 3.24. The van der Waals surface area contributed by atoms with Crippen molar-refractivity contribution in [1.82, 2.24) is 59.5 Å². The lowest BCUT2D eigenvalue weighted by molar-refractivity contribution is 0.136. The van der Waals surface area contributed by atoms with Crippen molar-refractivity contribution in [2.24, 2.45) is 0 Å². The molecule has 18 nitrogen and oxygen atoms in total. The van der Waals surface area contributed by atoms with Crippen LogP contribution in [0.5, 0.6) is 40.4 Å². The van der Waals surface area contributed by atoms with Crippen LogP contribution < -0.4 is 23.7 Å². The maximum Gasteiger partial charge on any atom is 0.230 e. The van der Waals surface area contributed by atoms with E-state index >= 15 is 0 Å². The SMILES string of the molecule is C#CCN1CCN(CCCOc2cc3ncnc(Cl)c3cc2OC)CC1.C#CCN1CCN(CCCOc2cc3ncnc(Oc4cnc5[nH]ccc5c4)c3cc2OC)CC1.Oc1cnc2[nH]ccc2c1. The number of nitrogens with zero attached hydrogens (tertiary/aromatic N) is 10. The number of H-pyrrole nitrogens is 2. The summed E-state index contributed by atoms with van der Waals surface area (Å²) in [4.78, 5) is 40.8. The number of benzene rings is 2. The monoisotopic (exact) mass is 980 g/mol. The molecule has 2 aromatic carbocycles. The number of halogens is 1. The molecular weight excluding hydrogens is 924 g/mol. The highest BCUT2D eigenvalue weighted by molar-refractivity contribution is 6.34. The zero-order valence-corrected chi connectivity index (χ0v) is 40.6. The van der Waals surface area contributed by atoms with E-state index in [1.54, 1.807) is 32.7 Å². The molecule has 3 N–H and O–H groups in total. The number of nitrogens with one attached hydrogen (secondary N) is 2. The second kappa shape index (κ2) is 24.9. The van der Waals surface area contributed by atoms with Crippen molar-refractivity contribution in [3.05, 3.63) is 91.1 Å². The van der Waals surface area contributed by atoms with E-state index in [2.05, 4.69) is 71.3 Å². The van der Waals surface area contributed by atoms with Gasteiger partial charge in [0.25, 0.3) is 0 Å². The minimum absolute atomic E-state index is 0.201. The van der Waals surface area contributed by atoms with E-state index in [0.717, 1.165) is 130 Å². The quantitative estimate of drug-likeness (QED) is 0.0515. The first-order valence-electron chi connectivity index (χ1n) is 23.4. The molecular formula is C52H57ClN12O6. The number of rotatable bonds is 16. The molecule has 0 bridgehead atoms. The smallest absolute Gasteiger partial charge is 0.230 e. The van der Waals surface area contributed by atoms with Crippen LogP contribution in [0, 0.1) is 24.7 Å². The molecule has 2 aliphatic heterocycles. The van der Waals surface area contributed by atoms with Crippen molar-refractivity contribution in [1.29, 1.82) is 0 Å². The van der Waals surface area contributed by atoms with Crippen LogP contribution in [0.15, 0.2) is 86.0 Å². The van der Waals surface area contributed by atoms with E-state index in [1.807, 2.05) is 48.7 Å². The fourth-order valence-corrected chi connectivity index (χ4v) is 8.45. The summed E-state index contributed by atoms with van der Waals surface area (Å²) in [5.41, 5.74) is 3.06. The number of piperazine rings is 2. The highest BCUT2D eigenvalue weighted by Crippen LogP contribution is 2.37. The highest BCUT2D eigenvalue weighted by Gasteiger charge is 2.18. The van der Waals surface area contributed by atoms with E-state index in [-0.39, 0.29) is 5.75 Å². The van der Waals surface area contributed by atoms with Gasteiger partial charge in [-0.05, 0) is 49.2 Å². The molecule has 8 heterocycles. The van der Waals surface area contributed by atoms with Gasteiger partial charge in [-0.2, -0.15) is 0 Å². The Morgan fingerprint density at radius 2 is 1.11 bits per heavy atom. The molecule has 71 heavy (non-hydrogen) atoms. The molecule has 10 rings (SSSR count). The predicted octanol–water partition coefficient (Wildman–Crippen LogP) is 6.91. The summed E-state index contributed by atoms with van der Waals surface area (Å²) in [6.07, 6.45) is 22.3. The van der Waals surface area contributed by atoms with Gasteiger partial charge in [-0.15, -0.1) is 12.8 Å². The molecule has 19 heteroatoms. The molecule has 8 aromatic rings. The molecule has 2 fully saturated rings. The molecule has 6 aromatic heterocycles. The van der Waals surface area contributed by atoms with Crippen molar-refractivity contribution < 1.29 is 28.8 Å². The molecule has 0 saturated carbocycles. The number of hydrogen-bond donors (Lipinski definition) is 3. The number of terminal acetylenes is 2. The maximum atomic E-state index is 8.97. The molecule has 0 aliphatic carbocycles. The van der Waals surface area contributed by atoms with Crippen molar-refractivity contribution in [3.63, 3.8) is 0 Å². The Balaban J connectivity index is 0.000000163. The van der Waals surface area contributed by atoms with E-state index in [9.17, 15) is 0 Å². The lowest BCUT2D eigenvalue weighted by Crippen LogP contribution is -2.46. The molecule has 2 aliphatic rings. The Bertz CT molecular complexity index is 3080. The number of hydrogen-bond acceptors (Lipinski definition) is 16. The lowest BCUT2D eigenvalue weighted by Gasteiger charge is -2.33. The summed E-state index contributed by atoms with van der Waals surface area (Å²) in [5.74, 6) is 9.23. The Labute approximate surface area is 417 Å². The third kappa shape index (κ3) is 13.5. The van der Waals surface area contributed by atoms with Crippen LogP contribution in [0.3, 0.4) is 0 Å². The van der Waals surface area contributed by atoms with Crippen LogP contribution in [0.1, 0.15) is 12.8 Å². The predicted molar refractivity (Wildman–Crippen MR) is 275 cm³/mol. The van der Waals surface area contributed by atoms with E-state index in [1.165, 1.54) is 18.9 Å². The van der Waals surface area contributed by atoms with Gasteiger partial charge in [0.05, 0.1) is 69.3 Å². The first-order chi connectivity index (χ1) is 34.8. The largest absolute Gasteiger partial charge is 0.506 e. The first-order valence-corrected chi connectivity index (χ1v) is 23.7. The Morgan fingerprint density at radius 1 is 0.606 bits per heavy atom. The maximum absolute atomic E-state index is 8.97. The third-order valence-corrected chi connectivity index (χ3v) is 12.3. The average Bonchev–Trinajstić information content (AvgIpc) is 4.07. The van der Waals surface area contributed by atoms with Gasteiger partial charge in [-0.25, -0.2) is 29.9 Å². The van der Waals surface area contributed by atoms with Gasteiger partial charge in [0.1, 0.15) is 40.6 Å². The third-order valence-electron chi connectivity index (χ3n) is 12.0. The first kappa shape index (κ1) is 50.0. The van der Waals surface area contributed by atoms with Gasteiger partial charge in [-0.3, -0.25) is 9.80 Å². The zero-order chi connectivity index (χ0) is 49.4. The molecule has 0 radical (unpaired) electrons. The van der Waals surface area contributed by atoms with Crippen molar-refractivity contribution >= 4 is 55.5 Å². The number of ether oxygens (including phenoxy) is 5. The number of aromatic nitrogens is 8. The summed E-state index contributed by atoms with van der Waals surface area (Å²) < 4.78 is 29.1. The number of methoxy groups -OCH3 is 2. The number of aromatic hydroxyl groups is 1. The normalized spacial score (nSPS) is 14.5. The number of fused-ring (bicyclic) bond motifs is 4. The summed E-state index contributed by atoms with van der Waals surface area (Å²) in [6.45, 7) is 12.9. The van der Waals surface area contributed by atoms with Crippen molar-refractivity contribution in [3.8, 4) is 65.1 Å². The Kier molecular flexibility index (Phi) is 17.5. The van der Waals surface area contributed by atoms with Crippen molar-refractivity contribution in [2.45, 2.75) is 12.8 Å². The zero-order valence-electron chi connectivity index (χ0n) is 39.9. The van der Waals surface area contributed by atoms with Gasteiger partial charge in [0.15, 0.2) is 23.0 Å². The van der Waals surface area contributed by atoms with Crippen LogP contribution in [0.4, 0.5) is 0 Å². The van der Waals surface area contributed by atoms with Gasteiger partial charge in [0, 0.05) is 106 Å². The van der Waals surface area contributed by atoms with Crippen molar-refractivity contribution in [2.75, 3.05) is 106 Å². The molecule has 0 unspecified atom stereocenters. The summed E-state index contributed by atoms with van der Waals surface area (Å²) in [5, 5.41) is 12.8. The van der Waals surface area contributed by atoms with Crippen LogP contribution in [0.2, 0.25) is 5.15 Å². The van der Waals surface area contributed by atoms with Crippen LogP contribution >= 0.6 is 11.6 Å². The van der Waals surface area contributed by atoms with E-state index in [0.29, 0.717) is 58.5 Å². The number of aromatic amines is 2. The van der Waals surface area contributed by atoms with Crippen LogP contribution in [0.25, 0.3) is 43.9 Å². The van der Waals surface area contributed by atoms with Crippen LogP contribution in [-0.2, 0) is 0 Å².